The summed E-state index contributed by atoms with van der Waals surface area (Å²) in [6, 6.07) is 0. The number of carbonyl (C=O) groups is 1. The van der Waals surface area contributed by atoms with Gasteiger partial charge in [-0.05, 0) is 24.8 Å². The van der Waals surface area contributed by atoms with E-state index in [1.807, 2.05) is 33.3 Å². The molecule has 21 heavy (non-hydrogen) atoms. The summed E-state index contributed by atoms with van der Waals surface area (Å²) in [4.78, 5) is 12.9. The van der Waals surface area contributed by atoms with Gasteiger partial charge in [0, 0.05) is 19.8 Å². The Balaban J connectivity index is 2.65. The highest BCUT2D eigenvalue weighted by Crippen LogP contribution is 2.30. The number of nitrogens with zero attached hydrogens (tertiary/aromatic N) is 2. The van der Waals surface area contributed by atoms with Crippen molar-refractivity contribution in [2.75, 3.05) is 6.54 Å². The predicted octanol–water partition coefficient (Wildman–Crippen LogP) is 1.95. The Morgan fingerprint density at radius 2 is 2.05 bits per heavy atom. The molecule has 1 rings (SSSR count). The van der Waals surface area contributed by atoms with Crippen LogP contribution in [0.5, 0.6) is 0 Å². The fourth-order valence-electron chi connectivity index (χ4n) is 2.65. The minimum Gasteiger partial charge on any atom is -0.392 e. The van der Waals surface area contributed by atoms with Gasteiger partial charge in [-0.3, -0.25) is 9.48 Å². The van der Waals surface area contributed by atoms with Gasteiger partial charge in [-0.25, -0.2) is 0 Å². The standard InChI is InChI=1S/C15H26N4OS/c1-4-7-15(8-5-2,13(16)21)14(20)17-9-6-12-10-18-19(3)11-12/h10-11H,4-9H2,1-3H3,(H2,16,21)(H,17,20). The molecule has 118 valence electrons. The van der Waals surface area contributed by atoms with Crippen molar-refractivity contribution < 1.29 is 4.79 Å². The second-order valence-corrected chi connectivity index (χ2v) is 5.91. The van der Waals surface area contributed by atoms with Crippen molar-refractivity contribution in [3.05, 3.63) is 18.0 Å². The maximum absolute atomic E-state index is 12.6. The minimum atomic E-state index is -0.701. The van der Waals surface area contributed by atoms with Gasteiger partial charge < -0.3 is 11.1 Å². The van der Waals surface area contributed by atoms with Crippen molar-refractivity contribution in [3.8, 4) is 0 Å². The van der Waals surface area contributed by atoms with Gasteiger partial charge in [0.05, 0.1) is 16.6 Å². The molecule has 0 saturated carbocycles. The normalized spacial score (nSPS) is 11.4. The zero-order chi connectivity index (χ0) is 15.9. The number of rotatable bonds is 9. The van der Waals surface area contributed by atoms with E-state index in [0.717, 1.165) is 24.8 Å². The molecule has 0 unspecified atom stereocenters. The lowest BCUT2D eigenvalue weighted by molar-refractivity contribution is -0.128. The van der Waals surface area contributed by atoms with Gasteiger partial charge in [0.2, 0.25) is 5.91 Å². The van der Waals surface area contributed by atoms with Gasteiger partial charge in [0.25, 0.3) is 0 Å². The summed E-state index contributed by atoms with van der Waals surface area (Å²) < 4.78 is 1.75. The van der Waals surface area contributed by atoms with Crippen molar-refractivity contribution in [2.45, 2.75) is 46.0 Å². The van der Waals surface area contributed by atoms with E-state index in [4.69, 9.17) is 18.0 Å². The first kappa shape index (κ1) is 17.6. The average molecular weight is 310 g/mol. The summed E-state index contributed by atoms with van der Waals surface area (Å²) in [5, 5.41) is 7.10. The molecule has 0 aliphatic carbocycles. The third-order valence-corrected chi connectivity index (χ3v) is 4.11. The Bertz CT molecular complexity index is 478. The molecule has 0 atom stereocenters. The molecule has 6 heteroatoms. The molecule has 1 amide bonds. The molecule has 0 spiro atoms. The average Bonchev–Trinajstić information content (AvgIpc) is 2.83. The minimum absolute atomic E-state index is 0.0393. The lowest BCUT2D eigenvalue weighted by Gasteiger charge is -2.31. The second-order valence-electron chi connectivity index (χ2n) is 5.47. The summed E-state index contributed by atoms with van der Waals surface area (Å²) in [6.07, 6.45) is 7.69. The smallest absolute Gasteiger partial charge is 0.233 e. The van der Waals surface area contributed by atoms with Gasteiger partial charge in [-0.1, -0.05) is 38.9 Å². The van der Waals surface area contributed by atoms with Crippen LogP contribution in [-0.2, 0) is 18.3 Å². The fourth-order valence-corrected chi connectivity index (χ4v) is 2.95. The Kier molecular flexibility index (Phi) is 6.81. The number of carbonyl (C=O) groups excluding carboxylic acids is 1. The zero-order valence-corrected chi connectivity index (χ0v) is 14.0. The second kappa shape index (κ2) is 8.12. The quantitative estimate of drug-likeness (QED) is 0.684. The molecule has 1 aromatic rings. The molecular weight excluding hydrogens is 284 g/mol. The van der Waals surface area contributed by atoms with Gasteiger partial charge in [0.1, 0.15) is 0 Å². The Morgan fingerprint density at radius 1 is 1.43 bits per heavy atom. The van der Waals surface area contributed by atoms with E-state index in [0.29, 0.717) is 24.4 Å². The maximum atomic E-state index is 12.6. The molecule has 0 aliphatic heterocycles. The summed E-state index contributed by atoms with van der Waals surface area (Å²) in [5.41, 5.74) is 6.29. The highest BCUT2D eigenvalue weighted by molar-refractivity contribution is 7.80. The van der Waals surface area contributed by atoms with Crippen molar-refractivity contribution in [3.63, 3.8) is 0 Å². The molecule has 0 aliphatic rings. The van der Waals surface area contributed by atoms with E-state index in [9.17, 15) is 4.79 Å². The lowest BCUT2D eigenvalue weighted by Crippen LogP contribution is -2.49. The number of nitrogens with two attached hydrogens (primary N) is 1. The summed E-state index contributed by atoms with van der Waals surface area (Å²) in [5.74, 6) is -0.0393. The van der Waals surface area contributed by atoms with Crippen molar-refractivity contribution in [1.82, 2.24) is 15.1 Å². The van der Waals surface area contributed by atoms with E-state index in [1.165, 1.54) is 0 Å². The van der Waals surface area contributed by atoms with E-state index in [-0.39, 0.29) is 5.91 Å². The van der Waals surface area contributed by atoms with Gasteiger partial charge in [0.15, 0.2) is 0 Å². The van der Waals surface area contributed by atoms with Crippen molar-refractivity contribution >= 4 is 23.1 Å². The van der Waals surface area contributed by atoms with Gasteiger partial charge in [-0.15, -0.1) is 0 Å². The van der Waals surface area contributed by atoms with E-state index in [1.54, 1.807) is 4.68 Å². The monoisotopic (exact) mass is 310 g/mol. The predicted molar refractivity (Wildman–Crippen MR) is 89.0 cm³/mol. The molecule has 1 aromatic heterocycles. The number of aryl methyl sites for hydroxylation is 1. The van der Waals surface area contributed by atoms with Crippen LogP contribution in [0.2, 0.25) is 0 Å². The molecule has 0 aromatic carbocycles. The first-order chi connectivity index (χ1) is 9.96. The molecule has 0 fully saturated rings. The SMILES string of the molecule is CCCC(CCC)(C(=O)NCCc1cnn(C)c1)C(N)=S. The fraction of sp³-hybridized carbons (Fsp3) is 0.667. The highest BCUT2D eigenvalue weighted by Gasteiger charge is 2.39. The first-order valence-corrected chi connectivity index (χ1v) is 7.92. The summed E-state index contributed by atoms with van der Waals surface area (Å²) in [7, 11) is 1.88. The van der Waals surface area contributed by atoms with E-state index < -0.39 is 5.41 Å². The zero-order valence-electron chi connectivity index (χ0n) is 13.2. The molecule has 0 saturated heterocycles. The Morgan fingerprint density at radius 3 is 2.48 bits per heavy atom. The molecule has 0 radical (unpaired) electrons. The third-order valence-electron chi connectivity index (χ3n) is 3.72. The largest absolute Gasteiger partial charge is 0.392 e. The molecule has 3 N–H and O–H groups in total. The van der Waals surface area contributed by atoms with Crippen molar-refractivity contribution in [1.29, 1.82) is 0 Å². The number of amides is 1. The molecule has 5 nitrogen and oxygen atoms in total. The van der Waals surface area contributed by atoms with E-state index >= 15 is 0 Å². The van der Waals surface area contributed by atoms with Crippen LogP contribution in [0.4, 0.5) is 0 Å². The molecular formula is C15H26N4OS. The van der Waals surface area contributed by atoms with Crippen LogP contribution in [0.1, 0.15) is 45.1 Å². The molecule has 1 heterocycles. The lowest BCUT2D eigenvalue weighted by atomic mass is 9.78. The van der Waals surface area contributed by atoms with Crippen LogP contribution >= 0.6 is 12.2 Å². The van der Waals surface area contributed by atoms with Crippen LogP contribution in [0.3, 0.4) is 0 Å². The van der Waals surface area contributed by atoms with Crippen LogP contribution in [-0.4, -0.2) is 27.2 Å². The Labute approximate surface area is 132 Å². The number of hydrogen-bond donors (Lipinski definition) is 2. The Hall–Kier alpha value is -1.43. The highest BCUT2D eigenvalue weighted by atomic mass is 32.1. The van der Waals surface area contributed by atoms with Crippen LogP contribution in [0, 0.1) is 5.41 Å². The van der Waals surface area contributed by atoms with Gasteiger partial charge >= 0.3 is 0 Å². The number of thiocarbonyl (C=S) groups is 1. The summed E-state index contributed by atoms with van der Waals surface area (Å²) in [6.45, 7) is 4.67. The van der Waals surface area contributed by atoms with Crippen molar-refractivity contribution in [2.24, 2.45) is 18.2 Å². The van der Waals surface area contributed by atoms with Crippen LogP contribution in [0.25, 0.3) is 0 Å². The summed E-state index contributed by atoms with van der Waals surface area (Å²) >= 11 is 5.19. The topological polar surface area (TPSA) is 72.9 Å². The van der Waals surface area contributed by atoms with E-state index in [2.05, 4.69) is 10.4 Å². The number of nitrogens with one attached hydrogen (secondary N) is 1. The third kappa shape index (κ3) is 4.52. The first-order valence-electron chi connectivity index (χ1n) is 7.52. The number of hydrogen-bond acceptors (Lipinski definition) is 3. The van der Waals surface area contributed by atoms with Crippen LogP contribution in [0.15, 0.2) is 12.4 Å². The van der Waals surface area contributed by atoms with Gasteiger partial charge in [-0.2, -0.15) is 5.10 Å². The maximum Gasteiger partial charge on any atom is 0.233 e. The molecule has 0 bridgehead atoms. The van der Waals surface area contributed by atoms with Crippen LogP contribution < -0.4 is 11.1 Å². The number of aromatic nitrogens is 2.